The van der Waals surface area contributed by atoms with Crippen molar-refractivity contribution in [3.8, 4) is 22.6 Å². The van der Waals surface area contributed by atoms with Crippen molar-refractivity contribution in [2.24, 2.45) is 5.92 Å². The third kappa shape index (κ3) is 5.63. The SMILES string of the molecule is Cc1cccc2[nH]c(-c3[nH]nc4ncc(-c5cncc(NC(=O)CC(C)C)c5)cc34)nc12.Cc1cccs1. The average Bonchev–Trinajstić information content (AvgIpc) is 3.63. The molecule has 0 saturated heterocycles. The van der Waals surface area contributed by atoms with Gasteiger partial charge in [-0.2, -0.15) is 5.10 Å². The summed E-state index contributed by atoms with van der Waals surface area (Å²) < 4.78 is 0. The number of hydrogen-bond acceptors (Lipinski definition) is 6. The van der Waals surface area contributed by atoms with E-state index in [9.17, 15) is 4.79 Å². The van der Waals surface area contributed by atoms with Crippen LogP contribution in [0.1, 0.15) is 30.7 Å². The first-order valence-corrected chi connectivity index (χ1v) is 13.3. The summed E-state index contributed by atoms with van der Waals surface area (Å²) in [6.07, 6.45) is 5.62. The van der Waals surface area contributed by atoms with Crippen LogP contribution in [0.25, 0.3) is 44.7 Å². The normalized spacial score (nSPS) is 11.1. The molecular formula is C29H29N7OS. The Balaban J connectivity index is 0.000000433. The number of imidazole rings is 1. The molecule has 6 aromatic rings. The molecule has 3 N–H and O–H groups in total. The van der Waals surface area contributed by atoms with Gasteiger partial charge in [0, 0.05) is 34.8 Å². The van der Waals surface area contributed by atoms with Gasteiger partial charge in [-0.15, -0.1) is 11.3 Å². The molecule has 0 aliphatic rings. The molecule has 0 unspecified atom stereocenters. The number of aromatic nitrogens is 6. The Hall–Kier alpha value is -4.37. The summed E-state index contributed by atoms with van der Waals surface area (Å²) in [6, 6.07) is 14.1. The number of anilines is 1. The molecule has 5 aromatic heterocycles. The molecule has 0 aliphatic heterocycles. The molecular weight excluding hydrogens is 494 g/mol. The van der Waals surface area contributed by atoms with Crippen LogP contribution in [0.4, 0.5) is 5.69 Å². The molecule has 9 heteroatoms. The van der Waals surface area contributed by atoms with E-state index in [1.807, 2.05) is 51.1 Å². The number of para-hydroxylation sites is 1. The first kappa shape index (κ1) is 25.3. The topological polar surface area (TPSA) is 112 Å². The molecule has 0 spiro atoms. The molecule has 0 fully saturated rings. The van der Waals surface area contributed by atoms with Crippen LogP contribution in [0.5, 0.6) is 0 Å². The van der Waals surface area contributed by atoms with Crippen LogP contribution >= 0.6 is 11.3 Å². The minimum Gasteiger partial charge on any atom is -0.337 e. The van der Waals surface area contributed by atoms with Crippen molar-refractivity contribution in [3.63, 3.8) is 0 Å². The van der Waals surface area contributed by atoms with Crippen LogP contribution in [-0.4, -0.2) is 36.0 Å². The van der Waals surface area contributed by atoms with E-state index in [0.717, 1.165) is 38.8 Å². The second kappa shape index (κ2) is 10.9. The van der Waals surface area contributed by atoms with Crippen LogP contribution in [0.3, 0.4) is 0 Å². The highest BCUT2D eigenvalue weighted by atomic mass is 32.1. The summed E-state index contributed by atoms with van der Waals surface area (Å²) in [7, 11) is 0. The molecule has 8 nitrogen and oxygen atoms in total. The fraction of sp³-hybridized carbons (Fsp3) is 0.207. The van der Waals surface area contributed by atoms with E-state index in [2.05, 4.69) is 54.9 Å². The van der Waals surface area contributed by atoms with Crippen molar-refractivity contribution in [1.82, 2.24) is 30.1 Å². The van der Waals surface area contributed by atoms with Crippen molar-refractivity contribution in [1.29, 1.82) is 0 Å². The second-order valence-corrected chi connectivity index (χ2v) is 10.7. The van der Waals surface area contributed by atoms with Crippen LogP contribution < -0.4 is 5.32 Å². The molecule has 0 saturated carbocycles. The Kier molecular flexibility index (Phi) is 7.28. The number of pyridine rings is 2. The van der Waals surface area contributed by atoms with Crippen molar-refractivity contribution in [3.05, 3.63) is 76.9 Å². The maximum atomic E-state index is 12.1. The summed E-state index contributed by atoms with van der Waals surface area (Å²) in [6.45, 7) is 8.17. The van der Waals surface area contributed by atoms with Crippen molar-refractivity contribution < 1.29 is 4.79 Å². The predicted octanol–water partition coefficient (Wildman–Crippen LogP) is 6.91. The van der Waals surface area contributed by atoms with Crippen LogP contribution in [-0.2, 0) is 4.79 Å². The van der Waals surface area contributed by atoms with Gasteiger partial charge in [0.15, 0.2) is 11.5 Å². The number of nitrogens with one attached hydrogen (secondary N) is 3. The highest BCUT2D eigenvalue weighted by molar-refractivity contribution is 7.09. The lowest BCUT2D eigenvalue weighted by Gasteiger charge is -2.08. The Bertz CT molecular complexity index is 1700. The number of carbonyl (C=O) groups is 1. The summed E-state index contributed by atoms with van der Waals surface area (Å²) in [5.74, 6) is 0.979. The van der Waals surface area contributed by atoms with Crippen LogP contribution in [0.15, 0.2) is 66.4 Å². The number of rotatable bonds is 5. The first-order valence-electron chi connectivity index (χ1n) is 12.4. The zero-order chi connectivity index (χ0) is 26.6. The third-order valence-corrected chi connectivity index (χ3v) is 6.77. The Morgan fingerprint density at radius 1 is 1.05 bits per heavy atom. The standard InChI is InChI=1S/C24H23N7O.C5H6S/c1-13(2)7-20(32)27-17-8-15(10-25-12-17)16-9-18-22(30-31-23(18)26-11-16)24-28-19-6-4-5-14(3)21(19)29-24;1-5-3-2-4-6-5/h4-6,8-13H,7H2,1-3H3,(H,27,32)(H,28,29)(H,26,30,31);2-4H,1H3. The van der Waals surface area contributed by atoms with Gasteiger partial charge in [-0.1, -0.05) is 32.0 Å². The van der Waals surface area contributed by atoms with E-state index in [-0.39, 0.29) is 5.91 Å². The fourth-order valence-corrected chi connectivity index (χ4v) is 4.67. The van der Waals surface area contributed by atoms with Gasteiger partial charge in [0.05, 0.1) is 28.3 Å². The van der Waals surface area contributed by atoms with Gasteiger partial charge in [0.25, 0.3) is 0 Å². The second-order valence-electron chi connectivity index (χ2n) is 9.58. The summed E-state index contributed by atoms with van der Waals surface area (Å²) in [5, 5.41) is 13.3. The van der Waals surface area contributed by atoms with E-state index in [4.69, 9.17) is 4.98 Å². The minimum absolute atomic E-state index is 0.0233. The molecule has 0 aliphatic carbocycles. The number of aromatic amines is 2. The molecule has 5 heterocycles. The summed E-state index contributed by atoms with van der Waals surface area (Å²) >= 11 is 1.78. The van der Waals surface area contributed by atoms with Gasteiger partial charge in [-0.05, 0) is 55.0 Å². The Morgan fingerprint density at radius 2 is 1.89 bits per heavy atom. The summed E-state index contributed by atoms with van der Waals surface area (Å²) in [5.41, 5.74) is 6.79. The lowest BCUT2D eigenvalue weighted by atomic mass is 10.1. The minimum atomic E-state index is -0.0233. The molecule has 0 atom stereocenters. The first-order chi connectivity index (χ1) is 18.4. The number of fused-ring (bicyclic) bond motifs is 2. The number of benzene rings is 1. The van der Waals surface area contributed by atoms with Crippen LogP contribution in [0, 0.1) is 19.8 Å². The quantitative estimate of drug-likeness (QED) is 0.227. The van der Waals surface area contributed by atoms with Gasteiger partial charge < -0.3 is 10.3 Å². The van der Waals surface area contributed by atoms with E-state index in [1.54, 1.807) is 29.9 Å². The van der Waals surface area contributed by atoms with Crippen molar-refractivity contribution in [2.75, 3.05) is 5.32 Å². The van der Waals surface area contributed by atoms with Crippen LogP contribution in [0.2, 0.25) is 0 Å². The maximum absolute atomic E-state index is 12.1. The molecule has 6 rings (SSSR count). The predicted molar refractivity (Wildman–Crippen MR) is 154 cm³/mol. The number of H-pyrrole nitrogens is 2. The van der Waals surface area contributed by atoms with E-state index in [1.165, 1.54) is 4.88 Å². The largest absolute Gasteiger partial charge is 0.337 e. The maximum Gasteiger partial charge on any atom is 0.224 e. The summed E-state index contributed by atoms with van der Waals surface area (Å²) in [4.78, 5) is 30.5. The molecule has 1 amide bonds. The zero-order valence-corrected chi connectivity index (χ0v) is 22.6. The number of amides is 1. The number of thiophene rings is 1. The van der Waals surface area contributed by atoms with Crippen molar-refractivity contribution in [2.45, 2.75) is 34.1 Å². The van der Waals surface area contributed by atoms with Gasteiger partial charge in [0.2, 0.25) is 5.91 Å². The molecule has 0 bridgehead atoms. The van der Waals surface area contributed by atoms with Gasteiger partial charge >= 0.3 is 0 Å². The zero-order valence-electron chi connectivity index (χ0n) is 21.7. The van der Waals surface area contributed by atoms with E-state index >= 15 is 0 Å². The number of hydrogen-bond donors (Lipinski definition) is 3. The molecule has 38 heavy (non-hydrogen) atoms. The van der Waals surface area contributed by atoms with Gasteiger partial charge in [0.1, 0.15) is 5.69 Å². The fourth-order valence-electron chi connectivity index (χ4n) is 4.14. The highest BCUT2D eigenvalue weighted by Crippen LogP contribution is 2.30. The lowest BCUT2D eigenvalue weighted by molar-refractivity contribution is -0.116. The average molecular weight is 524 g/mol. The van der Waals surface area contributed by atoms with E-state index in [0.29, 0.717) is 29.5 Å². The lowest BCUT2D eigenvalue weighted by Crippen LogP contribution is -2.13. The Morgan fingerprint density at radius 3 is 2.61 bits per heavy atom. The van der Waals surface area contributed by atoms with Gasteiger partial charge in [-0.25, -0.2) is 9.97 Å². The smallest absolute Gasteiger partial charge is 0.224 e. The highest BCUT2D eigenvalue weighted by Gasteiger charge is 2.15. The monoisotopic (exact) mass is 523 g/mol. The molecule has 1 aromatic carbocycles. The number of aryl methyl sites for hydroxylation is 2. The number of nitrogens with zero attached hydrogens (tertiary/aromatic N) is 4. The third-order valence-electron chi connectivity index (χ3n) is 5.97. The number of carbonyl (C=O) groups excluding carboxylic acids is 1. The Labute approximate surface area is 224 Å². The van der Waals surface area contributed by atoms with Gasteiger partial charge in [-0.3, -0.25) is 14.9 Å². The van der Waals surface area contributed by atoms with E-state index < -0.39 is 0 Å². The van der Waals surface area contributed by atoms with Crippen molar-refractivity contribution >= 4 is 45.0 Å². The molecule has 0 radical (unpaired) electrons. The molecule has 192 valence electrons.